The Balaban J connectivity index is 0.000000255. The molecule has 4 aromatic carbocycles. The summed E-state index contributed by atoms with van der Waals surface area (Å²) in [6.07, 6.45) is 8.70. The Labute approximate surface area is 300 Å². The van der Waals surface area contributed by atoms with Crippen molar-refractivity contribution in [2.75, 3.05) is 0 Å². The van der Waals surface area contributed by atoms with Crippen molar-refractivity contribution >= 4 is 19.4 Å². The molecule has 0 amide bonds. The molecule has 4 aromatic rings. The maximum Gasteiger partial charge on any atom is -0.0184 e. The van der Waals surface area contributed by atoms with Crippen molar-refractivity contribution < 1.29 is 19.2 Å². The fourth-order valence-electron chi connectivity index (χ4n) is 11.0. The molecule has 3 atom stereocenters. The van der Waals surface area contributed by atoms with Gasteiger partial charge in [0.1, 0.15) is 0 Å². The maximum atomic E-state index is 4.86. The Morgan fingerprint density at radius 2 is 1.02 bits per heavy atom. The van der Waals surface area contributed by atoms with Crippen LogP contribution in [0.1, 0.15) is 80.1 Å². The summed E-state index contributed by atoms with van der Waals surface area (Å²) >= 11 is -2.54. The summed E-state index contributed by atoms with van der Waals surface area (Å²) in [5.74, 6) is 1.56. The number of nitrogens with one attached hydrogen (secondary N) is 1. The number of rotatable bonds is 7. The molecule has 48 heavy (non-hydrogen) atoms. The minimum atomic E-state index is -2.54. The van der Waals surface area contributed by atoms with Gasteiger partial charge in [-0.1, -0.05) is 60.7 Å². The van der Waals surface area contributed by atoms with Crippen LogP contribution in [0.5, 0.6) is 0 Å². The summed E-state index contributed by atoms with van der Waals surface area (Å²) < 4.78 is 10.2. The quantitative estimate of drug-likeness (QED) is 0.183. The molecule has 4 bridgehead atoms. The molecular weight excluding hydrogens is 806 g/mol. The molecule has 4 saturated carbocycles. The Kier molecular flexibility index (Phi) is 9.83. The van der Waals surface area contributed by atoms with E-state index in [9.17, 15) is 0 Å². The van der Waals surface area contributed by atoms with Crippen LogP contribution >= 0.6 is 0 Å². The Morgan fingerprint density at radius 3 is 1.42 bits per heavy atom. The SMILES string of the molecule is CC1=C(C)C(C)[C]([Hf]([NH]C23CC4CC(C)(CC(C)(C4)C2)C3)[GeH]([c]2ccccc2)[c]2ccccc2)=C1C.c1ccc(-c2ccccc2)cc1. The van der Waals surface area contributed by atoms with Gasteiger partial charge in [0.2, 0.25) is 0 Å². The first-order valence-electron chi connectivity index (χ1n) is 18.3. The second-order valence-corrected chi connectivity index (χ2v) is 47.6. The largest absolute Gasteiger partial charge is 0.0622 e. The van der Waals surface area contributed by atoms with Crippen LogP contribution < -0.4 is 12.1 Å². The van der Waals surface area contributed by atoms with Crippen molar-refractivity contribution in [1.82, 2.24) is 3.30 Å². The monoisotopic (exact) mass is 862 g/mol. The van der Waals surface area contributed by atoms with Gasteiger partial charge in [0.15, 0.2) is 0 Å². The third-order valence-corrected chi connectivity index (χ3v) is 56.9. The van der Waals surface area contributed by atoms with Crippen LogP contribution in [0.15, 0.2) is 141 Å². The van der Waals surface area contributed by atoms with Crippen molar-refractivity contribution in [2.45, 2.75) is 85.6 Å². The summed E-state index contributed by atoms with van der Waals surface area (Å²) in [7, 11) is -2.08. The molecular formula is C45H54GeHfN. The van der Waals surface area contributed by atoms with Gasteiger partial charge in [-0.05, 0) is 11.1 Å². The summed E-state index contributed by atoms with van der Waals surface area (Å²) in [4.78, 5) is 0. The van der Waals surface area contributed by atoms with E-state index < -0.39 is 29.9 Å². The van der Waals surface area contributed by atoms with Crippen LogP contribution in [-0.4, -0.2) is 16.2 Å². The second kappa shape index (κ2) is 13.8. The first-order valence-corrected chi connectivity index (χ1v) is 36.3. The minimum Gasteiger partial charge on any atom is -0.0622 e. The standard InChI is InChI=1S/C12H11Ge.C12H20N.C12H10.C9H13.Hf/c1-3-7-11(8-4-1)13-12-9-5-2-6-10-12;1-10-3-9-4-11(2,6-10)8-12(13,5-9)7-10;1-3-7-11(8-4-1)12-9-5-2-6-10-12;1-6-5-7(2)9(4)8(6)3;/h1-10,13H;9,13H,3-8H2,1-2H3;1-10H;6H,1-4H3;/q;-1;;;+1. The molecule has 5 aliphatic carbocycles. The van der Waals surface area contributed by atoms with Crippen LogP contribution in [0, 0.1) is 22.7 Å². The number of benzene rings is 4. The van der Waals surface area contributed by atoms with Crippen molar-refractivity contribution in [3.05, 3.63) is 141 Å². The zero-order valence-electron chi connectivity index (χ0n) is 30.0. The van der Waals surface area contributed by atoms with Crippen molar-refractivity contribution in [3.8, 4) is 11.1 Å². The van der Waals surface area contributed by atoms with Gasteiger partial charge in [0.05, 0.1) is 0 Å². The van der Waals surface area contributed by atoms with E-state index in [0.717, 1.165) is 5.92 Å². The zero-order chi connectivity index (χ0) is 33.5. The van der Waals surface area contributed by atoms with Crippen molar-refractivity contribution in [2.24, 2.45) is 22.7 Å². The predicted octanol–water partition coefficient (Wildman–Crippen LogP) is 10.0. The molecule has 0 aromatic heterocycles. The van der Waals surface area contributed by atoms with E-state index in [1.807, 2.05) is 15.5 Å². The molecule has 0 aliphatic heterocycles. The van der Waals surface area contributed by atoms with Crippen LogP contribution in [-0.2, 0) is 19.2 Å². The minimum absolute atomic E-state index is 0.384. The van der Waals surface area contributed by atoms with Gasteiger partial charge < -0.3 is 0 Å². The second-order valence-electron chi connectivity index (χ2n) is 16.5. The number of allylic oxidation sites excluding steroid dienone is 4. The Bertz CT molecular complexity index is 1690. The summed E-state index contributed by atoms with van der Waals surface area (Å²) in [6, 6.07) is 44.4. The van der Waals surface area contributed by atoms with Gasteiger partial charge in [0.25, 0.3) is 0 Å². The normalized spacial score (nSPS) is 28.9. The average Bonchev–Trinajstić information content (AvgIpc) is 3.26. The van der Waals surface area contributed by atoms with Gasteiger partial charge in [-0.25, -0.2) is 0 Å². The molecule has 247 valence electrons. The molecule has 0 spiro atoms. The van der Waals surface area contributed by atoms with Crippen LogP contribution in [0.25, 0.3) is 11.1 Å². The van der Waals surface area contributed by atoms with Crippen molar-refractivity contribution in [1.29, 1.82) is 0 Å². The molecule has 1 N–H and O–H groups in total. The predicted molar refractivity (Wildman–Crippen MR) is 205 cm³/mol. The fraction of sp³-hybridized carbons (Fsp3) is 0.378. The summed E-state index contributed by atoms with van der Waals surface area (Å²) in [6.45, 7) is 15.1. The van der Waals surface area contributed by atoms with E-state index in [2.05, 4.69) is 151 Å². The Morgan fingerprint density at radius 1 is 0.583 bits per heavy atom. The van der Waals surface area contributed by atoms with Crippen molar-refractivity contribution in [3.63, 3.8) is 0 Å². The molecule has 0 heterocycles. The summed E-state index contributed by atoms with van der Waals surface area (Å²) in [5.41, 5.74) is 8.93. The van der Waals surface area contributed by atoms with E-state index >= 15 is 0 Å². The molecule has 9 rings (SSSR count). The third kappa shape index (κ3) is 6.88. The number of hydrogen-bond donors (Lipinski definition) is 1. The molecule has 3 heteroatoms. The molecule has 0 saturated heterocycles. The van der Waals surface area contributed by atoms with Gasteiger partial charge in [-0.3, -0.25) is 0 Å². The van der Waals surface area contributed by atoms with E-state index in [0.29, 0.717) is 22.3 Å². The fourth-order valence-corrected chi connectivity index (χ4v) is 66.3. The smallest absolute Gasteiger partial charge is 0.0184 e. The van der Waals surface area contributed by atoms with E-state index in [-0.39, 0.29) is 0 Å². The molecule has 3 unspecified atom stereocenters. The molecule has 5 aliphatic rings. The van der Waals surface area contributed by atoms with Crippen LogP contribution in [0.2, 0.25) is 0 Å². The first-order chi connectivity index (χ1) is 23.1. The van der Waals surface area contributed by atoms with E-state index in [1.165, 1.54) is 49.7 Å². The van der Waals surface area contributed by atoms with Gasteiger partial charge in [0, 0.05) is 0 Å². The summed E-state index contributed by atoms with van der Waals surface area (Å²) in [5, 5.41) is 0. The third-order valence-electron chi connectivity index (χ3n) is 12.4. The van der Waals surface area contributed by atoms with Crippen LogP contribution in [0.4, 0.5) is 0 Å². The average molecular weight is 860 g/mol. The van der Waals surface area contributed by atoms with E-state index in [1.54, 1.807) is 25.5 Å². The molecule has 4 fully saturated rings. The molecule has 1 nitrogen and oxygen atoms in total. The van der Waals surface area contributed by atoms with Crippen LogP contribution in [0.3, 0.4) is 0 Å². The topological polar surface area (TPSA) is 12.0 Å². The Hall–Kier alpha value is -2.27. The van der Waals surface area contributed by atoms with Gasteiger partial charge in [-0.2, -0.15) is 0 Å². The van der Waals surface area contributed by atoms with E-state index in [4.69, 9.17) is 3.30 Å². The zero-order valence-corrected chi connectivity index (χ0v) is 36.0. The van der Waals surface area contributed by atoms with Gasteiger partial charge >= 0.3 is 231 Å². The first kappa shape index (κ1) is 34.2. The molecule has 0 radical (unpaired) electrons. The van der Waals surface area contributed by atoms with Gasteiger partial charge in [-0.15, -0.1) is 0 Å². The number of hydrogen-bond acceptors (Lipinski definition) is 1. The maximum absolute atomic E-state index is 4.86.